The largest absolute Gasteiger partial charge is 0.493 e. The molecule has 4 aliphatic carbocycles. The molecule has 7 aliphatic rings. The maximum absolute atomic E-state index is 14.2. The number of methoxy groups -OCH3 is 4. The molecule has 10 atom stereocenters. The topological polar surface area (TPSA) is 302 Å². The van der Waals surface area contributed by atoms with Crippen LogP contribution in [0.25, 0.3) is 67.1 Å². The lowest BCUT2D eigenvalue weighted by Gasteiger charge is -2.34. The Balaban J connectivity index is 0.000000190. The standard InChI is InChI=1S/C46H56N8O8.C27H23BClFN2O6S/c1-23(59-3)39(51-45(57)61-5)43(55)53-35-11-7-9-27(35)19-37(53)41-47-21-33(49-41)25-13-15-29-31(17-25)30-16-14-26(18-32(29)30)34-22-48-42(50-34)38-20-28-10-8-12-36(28)54(38)44(56)40(24(2)60-4)52-46(58)62-6;1-31-27(33)24-20-11-19(14-3-4-14)22(12-23(20)38-26(24)15-5-7-17(30)8-6-15)32(39(2,35)36)18-9-16-13-37-28(34)25(16)21(29)10-18/h13-18,21-24,27-28,35-40H,7-12,19-20H2,1-6H3,(H,47,49)(H,48,50)(H,51,57)(H,52,58);5-12,14,34H,3-4,13H2,1-2H3,(H,31,33)/t23-,24-,27+,28+,35+,36+,37+,38+,39+,40+;/m1./s1. The number of aromatic nitrogens is 4. The fraction of sp³-hybridized carbons (Fsp3) is 0.411. The summed E-state index contributed by atoms with van der Waals surface area (Å²) in [5.41, 5.74) is 11.8. The molecule has 5 fully saturated rings. The average Bonchev–Trinajstić information content (AvgIpc) is 1.72. The van der Waals surface area contributed by atoms with E-state index in [9.17, 15) is 41.8 Å². The molecule has 0 radical (unpaired) electrons. The summed E-state index contributed by atoms with van der Waals surface area (Å²) in [5, 5.41) is 18.9. The number of alkyl carbamates (subject to hydrolysis) is 2. The van der Waals surface area contributed by atoms with Gasteiger partial charge in [-0.3, -0.25) is 14.4 Å². The third kappa shape index (κ3) is 12.8. The Morgan fingerprint density at radius 2 is 1.24 bits per heavy atom. The van der Waals surface area contributed by atoms with Gasteiger partial charge in [0, 0.05) is 72.0 Å². The van der Waals surface area contributed by atoms with Crippen LogP contribution >= 0.6 is 11.6 Å². The fourth-order valence-corrected chi connectivity index (χ4v) is 17.5. The number of carbonyl (C=O) groups is 5. The molecular weight excluding hydrogens is 1340 g/mol. The molecule has 24 nitrogen and oxygen atoms in total. The van der Waals surface area contributed by atoms with Crippen molar-refractivity contribution in [2.24, 2.45) is 11.8 Å². The number of benzene rings is 5. The van der Waals surface area contributed by atoms with E-state index >= 15 is 0 Å². The van der Waals surface area contributed by atoms with Gasteiger partial charge in [-0.2, -0.15) is 0 Å². The molecule has 28 heteroatoms. The van der Waals surface area contributed by atoms with Crippen molar-refractivity contribution >= 4 is 86.5 Å². The SMILES string of the molecule is CNC(=O)c1c(-c2ccc(F)cc2)oc2cc(N(c3cc(Cl)c4c(c3)COB4O)S(C)(=O)=O)c(C3CC3)cc12.COC(=O)N[C@H](C(=O)N1[C@H](c2ncc(-c3ccc4c(c3)-c3ccc(-c5cnc([C@@H]6C[C@@H]7CCC[C@@H]7N6C(=O)[C@@H](NC(=O)OC)[C@@H](C)OC)[nH]5)cc3-4)[nH]2)C[C@@H]2CCC[C@@H]21)[C@@H](C)OC. The van der Waals surface area contributed by atoms with E-state index in [0.717, 1.165) is 132 Å². The van der Waals surface area contributed by atoms with Crippen LogP contribution in [-0.4, -0.2) is 158 Å². The predicted octanol–water partition coefficient (Wildman–Crippen LogP) is 11.0. The van der Waals surface area contributed by atoms with Crippen molar-refractivity contribution in [3.8, 4) is 56.1 Å². The lowest BCUT2D eigenvalue weighted by atomic mass is 9.78. The molecule has 0 bridgehead atoms. The van der Waals surface area contributed by atoms with Gasteiger partial charge in [0.25, 0.3) is 5.91 Å². The van der Waals surface area contributed by atoms with Gasteiger partial charge in [-0.15, -0.1) is 0 Å². The van der Waals surface area contributed by atoms with Gasteiger partial charge >= 0.3 is 19.3 Å². The number of anilines is 2. The molecule has 5 aromatic carbocycles. The fourth-order valence-electron chi connectivity index (χ4n) is 16.1. The van der Waals surface area contributed by atoms with Crippen molar-refractivity contribution in [3.63, 3.8) is 0 Å². The van der Waals surface area contributed by atoms with E-state index in [0.29, 0.717) is 45.1 Å². The highest BCUT2D eigenvalue weighted by atomic mass is 35.5. The number of furan rings is 1. The molecule has 3 aromatic heterocycles. The number of fused-ring (bicyclic) bond motifs is 8. The third-order valence-corrected chi connectivity index (χ3v) is 22.8. The molecule has 6 heterocycles. The highest BCUT2D eigenvalue weighted by Gasteiger charge is 2.52. The first kappa shape index (κ1) is 69.0. The van der Waals surface area contributed by atoms with Crippen LogP contribution in [0.3, 0.4) is 0 Å². The summed E-state index contributed by atoms with van der Waals surface area (Å²) in [7, 11) is 2.06. The van der Waals surface area contributed by atoms with Crippen LogP contribution in [0, 0.1) is 17.7 Å². The second-order valence-electron chi connectivity index (χ2n) is 27.3. The van der Waals surface area contributed by atoms with Gasteiger partial charge in [-0.1, -0.05) is 48.7 Å². The average molecular weight is 1420 g/mol. The maximum Gasteiger partial charge on any atom is 0.493 e. The minimum absolute atomic E-state index is 0.0687. The third-order valence-electron chi connectivity index (χ3n) is 21.4. The minimum Gasteiger partial charge on any atom is -0.455 e. The summed E-state index contributed by atoms with van der Waals surface area (Å²) in [6.45, 7) is 3.63. The number of amides is 5. The number of nitrogens with zero attached hydrogens (tertiary/aromatic N) is 5. The van der Waals surface area contributed by atoms with Crippen molar-refractivity contribution in [2.75, 3.05) is 46.0 Å². The Hall–Kier alpha value is -9.12. The first-order chi connectivity index (χ1) is 48.6. The van der Waals surface area contributed by atoms with Crippen LogP contribution < -0.4 is 25.7 Å². The van der Waals surface area contributed by atoms with E-state index in [2.05, 4.69) is 62.3 Å². The summed E-state index contributed by atoms with van der Waals surface area (Å²) in [6.07, 6.45) is 11.7. The Morgan fingerprint density at radius 1 is 0.713 bits per heavy atom. The highest BCUT2D eigenvalue weighted by molar-refractivity contribution is 7.92. The van der Waals surface area contributed by atoms with Crippen LogP contribution in [0.1, 0.15) is 129 Å². The second-order valence-corrected chi connectivity index (χ2v) is 29.5. The summed E-state index contributed by atoms with van der Waals surface area (Å²) in [4.78, 5) is 86.7. The summed E-state index contributed by atoms with van der Waals surface area (Å²) < 4.78 is 73.6. The number of hydrogen-bond donors (Lipinski definition) is 6. The zero-order valence-electron chi connectivity index (χ0n) is 57.1. The second kappa shape index (κ2) is 27.7. The monoisotopic (exact) mass is 1420 g/mol. The number of sulfonamides is 1. The van der Waals surface area contributed by atoms with E-state index in [1.54, 1.807) is 26.0 Å². The van der Waals surface area contributed by atoms with E-state index < -0.39 is 59.4 Å². The number of aromatic amines is 2. The van der Waals surface area contributed by atoms with Gasteiger partial charge in [-0.05, 0) is 171 Å². The van der Waals surface area contributed by atoms with Gasteiger partial charge in [-0.25, -0.2) is 36.7 Å². The Kier molecular flexibility index (Phi) is 18.9. The number of H-pyrrole nitrogens is 2. The molecule has 0 unspecified atom stereocenters. The molecule has 3 saturated carbocycles. The van der Waals surface area contributed by atoms with Crippen molar-refractivity contribution in [3.05, 3.63) is 137 Å². The number of nitrogens with one attached hydrogen (secondary N) is 5. The Labute approximate surface area is 588 Å². The molecule has 15 rings (SSSR count). The molecule has 3 aliphatic heterocycles. The quantitative estimate of drug-likeness (QED) is 0.0435. The molecule has 8 aromatic rings. The number of hydrogen-bond acceptors (Lipinski definition) is 16. The molecule has 101 heavy (non-hydrogen) atoms. The molecule has 6 N–H and O–H groups in total. The Morgan fingerprint density at radius 3 is 1.72 bits per heavy atom. The zero-order valence-corrected chi connectivity index (χ0v) is 58.7. The van der Waals surface area contributed by atoms with Gasteiger partial charge in [0.05, 0.1) is 92.1 Å². The molecular formula is C73H79BClFN10O14S. The van der Waals surface area contributed by atoms with Crippen LogP contribution in [0.5, 0.6) is 0 Å². The predicted molar refractivity (Wildman–Crippen MR) is 376 cm³/mol. The normalized spacial score (nSPS) is 21.2. The molecule has 5 amide bonds. The zero-order chi connectivity index (χ0) is 71.0. The van der Waals surface area contributed by atoms with Gasteiger partial charge in [0.1, 0.15) is 40.9 Å². The number of halogens is 2. The molecule has 0 spiro atoms. The summed E-state index contributed by atoms with van der Waals surface area (Å²) in [5.74, 6) is 1.32. The maximum atomic E-state index is 14.2. The lowest BCUT2D eigenvalue weighted by molar-refractivity contribution is -0.140. The highest BCUT2D eigenvalue weighted by Crippen LogP contribution is 2.54. The number of imidazole rings is 2. The lowest BCUT2D eigenvalue weighted by Crippen LogP contribution is -2.55. The van der Waals surface area contributed by atoms with E-state index in [1.807, 2.05) is 28.3 Å². The van der Waals surface area contributed by atoms with Crippen molar-refractivity contribution in [2.45, 2.75) is 139 Å². The van der Waals surface area contributed by atoms with Crippen molar-refractivity contribution in [1.29, 1.82) is 0 Å². The first-order valence-corrected chi connectivity index (χ1v) is 36.3. The Bertz CT molecular complexity index is 4520. The van der Waals surface area contributed by atoms with Crippen LogP contribution in [-0.2, 0) is 49.8 Å². The van der Waals surface area contributed by atoms with E-state index in [4.69, 9.17) is 49.6 Å². The molecule has 528 valence electrons. The van der Waals surface area contributed by atoms with Crippen LogP contribution in [0.4, 0.5) is 25.4 Å². The number of ether oxygens (including phenoxy) is 4. The number of likely N-dealkylation sites (tertiary alicyclic amines) is 2. The van der Waals surface area contributed by atoms with Gasteiger partial charge in [0.15, 0.2) is 0 Å². The molecule has 2 saturated heterocycles. The smallest absolute Gasteiger partial charge is 0.455 e. The summed E-state index contributed by atoms with van der Waals surface area (Å²) in [6, 6.07) is 22.8. The minimum atomic E-state index is -3.89. The number of carbonyl (C=O) groups excluding carboxylic acids is 5. The van der Waals surface area contributed by atoms with Crippen molar-refractivity contribution in [1.82, 2.24) is 45.7 Å². The summed E-state index contributed by atoms with van der Waals surface area (Å²) >= 11 is 6.46. The van der Waals surface area contributed by atoms with Gasteiger partial charge < -0.3 is 68.8 Å². The number of rotatable bonds is 18. The van der Waals surface area contributed by atoms with E-state index in [-0.39, 0.29) is 76.4 Å². The van der Waals surface area contributed by atoms with Crippen LogP contribution in [0.15, 0.2) is 102 Å². The first-order valence-electron chi connectivity index (χ1n) is 34.1. The van der Waals surface area contributed by atoms with Crippen molar-refractivity contribution < 1.29 is 69.8 Å². The van der Waals surface area contributed by atoms with Crippen LogP contribution in [0.2, 0.25) is 5.02 Å². The van der Waals surface area contributed by atoms with E-state index in [1.165, 1.54) is 70.1 Å². The van der Waals surface area contributed by atoms with Gasteiger partial charge in [0.2, 0.25) is 21.8 Å².